The highest BCUT2D eigenvalue weighted by molar-refractivity contribution is 5.97. The quantitative estimate of drug-likeness (QED) is 0.861. The Hall–Kier alpha value is -1.55. The Balaban J connectivity index is 2.35. The summed E-state index contributed by atoms with van der Waals surface area (Å²) in [5.74, 6) is 0.824. The minimum atomic E-state index is -0.0718. The van der Waals surface area contributed by atoms with Crippen molar-refractivity contribution in [3.05, 3.63) is 23.8 Å². The number of carbonyl (C=O) groups is 1. The van der Waals surface area contributed by atoms with E-state index in [4.69, 9.17) is 10.5 Å². The number of amides is 1. The smallest absolute Gasteiger partial charge is 0.228 e. The maximum atomic E-state index is 11.8. The lowest BCUT2D eigenvalue weighted by molar-refractivity contribution is -0.117. The van der Waals surface area contributed by atoms with Crippen molar-refractivity contribution in [2.45, 2.75) is 26.3 Å². The van der Waals surface area contributed by atoms with E-state index in [2.05, 4.69) is 0 Å². The summed E-state index contributed by atoms with van der Waals surface area (Å²) in [7, 11) is 0. The molecule has 92 valence electrons. The maximum absolute atomic E-state index is 11.8. The molecule has 1 fully saturated rings. The number of aryl methyl sites for hydroxylation is 1. The van der Waals surface area contributed by atoms with E-state index in [1.54, 1.807) is 4.90 Å². The summed E-state index contributed by atoms with van der Waals surface area (Å²) < 4.78 is 5.55. The highest BCUT2D eigenvalue weighted by atomic mass is 16.5. The van der Waals surface area contributed by atoms with Gasteiger partial charge in [-0.25, -0.2) is 0 Å². The van der Waals surface area contributed by atoms with Crippen LogP contribution in [0.25, 0.3) is 0 Å². The van der Waals surface area contributed by atoms with Crippen LogP contribution < -0.4 is 15.4 Å². The molecular formula is C13H18N2O2. The number of carbonyl (C=O) groups excluding carboxylic acids is 1. The molecule has 1 aliphatic heterocycles. The zero-order chi connectivity index (χ0) is 12.4. The number of nitrogens with zero attached hydrogens (tertiary/aromatic N) is 1. The SMILES string of the molecule is CCOc1ccc(C)cc1N1CC(N)CC1=O. The van der Waals surface area contributed by atoms with Crippen molar-refractivity contribution in [1.29, 1.82) is 0 Å². The van der Waals surface area contributed by atoms with Crippen LogP contribution in [0, 0.1) is 6.92 Å². The number of anilines is 1. The molecule has 4 heteroatoms. The summed E-state index contributed by atoms with van der Waals surface area (Å²) in [5, 5.41) is 0. The highest BCUT2D eigenvalue weighted by Crippen LogP contribution is 2.32. The van der Waals surface area contributed by atoms with Crippen molar-refractivity contribution < 1.29 is 9.53 Å². The first kappa shape index (κ1) is 11.9. The zero-order valence-electron chi connectivity index (χ0n) is 10.3. The van der Waals surface area contributed by atoms with E-state index in [1.807, 2.05) is 32.0 Å². The number of rotatable bonds is 3. The molecule has 1 heterocycles. The first-order valence-corrected chi connectivity index (χ1v) is 5.91. The molecule has 1 atom stereocenters. The third-order valence-electron chi connectivity index (χ3n) is 2.86. The standard InChI is InChI=1S/C13H18N2O2/c1-3-17-12-5-4-9(2)6-11(12)15-8-10(14)7-13(15)16/h4-6,10H,3,7-8,14H2,1-2H3. The zero-order valence-corrected chi connectivity index (χ0v) is 10.3. The van der Waals surface area contributed by atoms with Crippen LogP contribution >= 0.6 is 0 Å². The van der Waals surface area contributed by atoms with Crippen LogP contribution in [-0.2, 0) is 4.79 Å². The fourth-order valence-electron chi connectivity index (χ4n) is 2.08. The Morgan fingerprint density at radius 3 is 2.88 bits per heavy atom. The molecule has 1 amide bonds. The Bertz CT molecular complexity index is 431. The Morgan fingerprint density at radius 1 is 1.53 bits per heavy atom. The molecule has 0 aromatic heterocycles. The first-order valence-electron chi connectivity index (χ1n) is 5.91. The molecule has 1 aromatic rings. The third-order valence-corrected chi connectivity index (χ3v) is 2.86. The van der Waals surface area contributed by atoms with E-state index >= 15 is 0 Å². The number of nitrogens with two attached hydrogens (primary N) is 1. The lowest BCUT2D eigenvalue weighted by Crippen LogP contribution is -2.28. The van der Waals surface area contributed by atoms with E-state index < -0.39 is 0 Å². The van der Waals surface area contributed by atoms with Crippen molar-refractivity contribution in [3.8, 4) is 5.75 Å². The molecule has 1 aromatic carbocycles. The fraction of sp³-hybridized carbons (Fsp3) is 0.462. The maximum Gasteiger partial charge on any atom is 0.228 e. The van der Waals surface area contributed by atoms with Gasteiger partial charge < -0.3 is 15.4 Å². The van der Waals surface area contributed by atoms with Crippen LogP contribution in [0.5, 0.6) is 5.75 Å². The number of hydrogen-bond acceptors (Lipinski definition) is 3. The van der Waals surface area contributed by atoms with Gasteiger partial charge in [0.05, 0.1) is 12.3 Å². The van der Waals surface area contributed by atoms with Gasteiger partial charge in [-0.1, -0.05) is 6.07 Å². The molecule has 4 nitrogen and oxygen atoms in total. The van der Waals surface area contributed by atoms with Gasteiger partial charge in [-0.3, -0.25) is 4.79 Å². The van der Waals surface area contributed by atoms with Gasteiger partial charge >= 0.3 is 0 Å². The van der Waals surface area contributed by atoms with Crippen molar-refractivity contribution in [1.82, 2.24) is 0 Å². The van der Waals surface area contributed by atoms with Gasteiger partial charge in [-0.05, 0) is 31.5 Å². The minimum absolute atomic E-state index is 0.0718. The third kappa shape index (κ3) is 2.42. The first-order chi connectivity index (χ1) is 8.11. The second kappa shape index (κ2) is 4.75. The highest BCUT2D eigenvalue weighted by Gasteiger charge is 2.29. The topological polar surface area (TPSA) is 55.6 Å². The van der Waals surface area contributed by atoms with Crippen molar-refractivity contribution >= 4 is 11.6 Å². The number of benzene rings is 1. The van der Waals surface area contributed by atoms with Gasteiger partial charge in [0.2, 0.25) is 5.91 Å². The average Bonchev–Trinajstić information content (AvgIpc) is 2.61. The van der Waals surface area contributed by atoms with Gasteiger partial charge in [0, 0.05) is 19.0 Å². The predicted octanol–water partition coefficient (Wildman–Crippen LogP) is 1.46. The van der Waals surface area contributed by atoms with E-state index in [1.165, 1.54) is 0 Å². The average molecular weight is 234 g/mol. The Morgan fingerprint density at radius 2 is 2.29 bits per heavy atom. The fourth-order valence-corrected chi connectivity index (χ4v) is 2.08. The lowest BCUT2D eigenvalue weighted by atomic mass is 10.2. The summed E-state index contributed by atoms with van der Waals surface area (Å²) in [6, 6.07) is 5.79. The van der Waals surface area contributed by atoms with E-state index in [-0.39, 0.29) is 11.9 Å². The lowest BCUT2D eigenvalue weighted by Gasteiger charge is -2.20. The molecule has 1 unspecified atom stereocenters. The second-order valence-corrected chi connectivity index (χ2v) is 4.37. The second-order valence-electron chi connectivity index (χ2n) is 4.37. The van der Waals surface area contributed by atoms with Crippen LogP contribution in [0.15, 0.2) is 18.2 Å². The Labute approximate surface area is 101 Å². The van der Waals surface area contributed by atoms with Crippen LogP contribution in [0.4, 0.5) is 5.69 Å². The summed E-state index contributed by atoms with van der Waals surface area (Å²) in [6.07, 6.45) is 0.416. The summed E-state index contributed by atoms with van der Waals surface area (Å²) in [6.45, 7) is 5.09. The summed E-state index contributed by atoms with van der Waals surface area (Å²) >= 11 is 0. The van der Waals surface area contributed by atoms with Crippen molar-refractivity contribution in [3.63, 3.8) is 0 Å². The summed E-state index contributed by atoms with van der Waals surface area (Å²) in [4.78, 5) is 13.6. The Kier molecular flexibility index (Phi) is 3.33. The van der Waals surface area contributed by atoms with Crippen LogP contribution in [-0.4, -0.2) is 25.1 Å². The monoisotopic (exact) mass is 234 g/mol. The summed E-state index contributed by atoms with van der Waals surface area (Å²) in [5.41, 5.74) is 7.76. The molecule has 1 aliphatic rings. The van der Waals surface area contributed by atoms with Gasteiger partial charge in [0.25, 0.3) is 0 Å². The van der Waals surface area contributed by atoms with Gasteiger partial charge in [0.15, 0.2) is 0 Å². The predicted molar refractivity (Wildman–Crippen MR) is 67.3 cm³/mol. The molecule has 0 bridgehead atoms. The molecule has 0 radical (unpaired) electrons. The number of hydrogen-bond donors (Lipinski definition) is 1. The molecule has 0 aliphatic carbocycles. The molecule has 2 N–H and O–H groups in total. The van der Waals surface area contributed by atoms with E-state index in [0.29, 0.717) is 19.6 Å². The van der Waals surface area contributed by atoms with Crippen LogP contribution in [0.1, 0.15) is 18.9 Å². The largest absolute Gasteiger partial charge is 0.492 e. The molecule has 0 spiro atoms. The number of ether oxygens (including phenoxy) is 1. The minimum Gasteiger partial charge on any atom is -0.492 e. The van der Waals surface area contributed by atoms with Crippen LogP contribution in [0.3, 0.4) is 0 Å². The van der Waals surface area contributed by atoms with Crippen molar-refractivity contribution in [2.24, 2.45) is 5.73 Å². The van der Waals surface area contributed by atoms with Gasteiger partial charge in [0.1, 0.15) is 5.75 Å². The van der Waals surface area contributed by atoms with E-state index in [0.717, 1.165) is 17.0 Å². The molecule has 2 rings (SSSR count). The van der Waals surface area contributed by atoms with Crippen molar-refractivity contribution in [2.75, 3.05) is 18.1 Å². The van der Waals surface area contributed by atoms with Gasteiger partial charge in [-0.2, -0.15) is 0 Å². The molecule has 0 saturated carbocycles. The molecular weight excluding hydrogens is 216 g/mol. The molecule has 17 heavy (non-hydrogen) atoms. The van der Waals surface area contributed by atoms with Crippen LogP contribution in [0.2, 0.25) is 0 Å². The van der Waals surface area contributed by atoms with E-state index in [9.17, 15) is 4.79 Å². The van der Waals surface area contributed by atoms with Gasteiger partial charge in [-0.15, -0.1) is 0 Å². The molecule has 1 saturated heterocycles. The normalized spacial score (nSPS) is 19.8.